The summed E-state index contributed by atoms with van der Waals surface area (Å²) in [6.07, 6.45) is 5.33. The number of aromatic nitrogens is 2. The molecule has 2 heterocycles. The molecular weight excluding hydrogens is 196 g/mol. The van der Waals surface area contributed by atoms with E-state index in [1.807, 2.05) is 24.5 Å². The molecule has 2 rings (SSSR count). The van der Waals surface area contributed by atoms with Crippen LogP contribution in [0.3, 0.4) is 0 Å². The summed E-state index contributed by atoms with van der Waals surface area (Å²) in [5.41, 5.74) is 0.451. The largest absolute Gasteiger partial charge is 0.497 e. The fourth-order valence-electron chi connectivity index (χ4n) is 0.767. The van der Waals surface area contributed by atoms with Crippen molar-refractivity contribution in [3.63, 3.8) is 0 Å². The van der Waals surface area contributed by atoms with Crippen LogP contribution in [0.5, 0.6) is 0 Å². The van der Waals surface area contributed by atoms with Crippen LogP contribution in [-0.2, 0) is 0 Å². The zero-order chi connectivity index (χ0) is 10.2. The molecule has 0 aliphatic rings. The third-order valence-electron chi connectivity index (χ3n) is 1.38. The molecule has 4 heteroatoms. The van der Waals surface area contributed by atoms with Crippen LogP contribution in [0, 0.1) is 0 Å². The van der Waals surface area contributed by atoms with Crippen molar-refractivity contribution in [1.29, 1.82) is 0 Å². The maximum absolute atomic E-state index is 8.69. The van der Waals surface area contributed by atoms with E-state index in [0.717, 1.165) is 0 Å². The monoisotopic (exact) mass is 206 g/mol. The number of H-pyrrole nitrogens is 1. The van der Waals surface area contributed by atoms with Crippen LogP contribution in [0.4, 0.5) is 0 Å². The van der Waals surface area contributed by atoms with Crippen molar-refractivity contribution in [3.05, 3.63) is 54.6 Å². The van der Waals surface area contributed by atoms with Gasteiger partial charge in [0, 0.05) is 18.6 Å². The number of hydrogen-bond acceptors (Lipinski definition) is 2. The predicted molar refractivity (Wildman–Crippen MR) is 59.4 cm³/mol. The minimum atomic E-state index is -0.157. The lowest BCUT2D eigenvalue weighted by Crippen LogP contribution is -1.95. The molecule has 0 aliphatic carbocycles. The molecule has 0 spiro atoms. The van der Waals surface area contributed by atoms with E-state index < -0.39 is 0 Å². The van der Waals surface area contributed by atoms with Gasteiger partial charge < -0.3 is 10.1 Å². The van der Waals surface area contributed by atoms with Crippen LogP contribution in [0.1, 0.15) is 5.69 Å². The average molecular weight is 206 g/mol. The van der Waals surface area contributed by atoms with Gasteiger partial charge >= 0.3 is 0 Å². The van der Waals surface area contributed by atoms with Crippen molar-refractivity contribution in [2.75, 3.05) is 0 Å². The van der Waals surface area contributed by atoms with Crippen LogP contribution in [0.15, 0.2) is 48.9 Å². The Bertz CT molecular complexity index is 342. The third kappa shape index (κ3) is 3.82. The van der Waals surface area contributed by atoms with Crippen molar-refractivity contribution in [1.82, 2.24) is 9.97 Å². The third-order valence-corrected chi connectivity index (χ3v) is 1.59. The van der Waals surface area contributed by atoms with E-state index in [1.54, 1.807) is 24.4 Å². The number of nitrogens with zero attached hydrogens (tertiary/aromatic N) is 1. The fraction of sp³-hybridized carbons (Fsp3) is 0. The second-order valence-electron chi connectivity index (χ2n) is 2.41. The summed E-state index contributed by atoms with van der Waals surface area (Å²) < 4.78 is 0. The van der Waals surface area contributed by atoms with Gasteiger partial charge in [-0.25, -0.2) is 0 Å². The summed E-state index contributed by atoms with van der Waals surface area (Å²) in [7, 11) is 0. The lowest BCUT2D eigenvalue weighted by molar-refractivity contribution is 0.568. The van der Waals surface area contributed by atoms with Gasteiger partial charge in [-0.05, 0) is 36.5 Å². The first-order valence-electron chi connectivity index (χ1n) is 4.03. The standard InChI is InChI=1S/C6H5NOS.C4H5N/c8-6(9)5-3-1-2-4-7-5;1-2-4-5-3-1/h1-4H,(H,8,9);1-5H. The molecule has 2 aromatic heterocycles. The van der Waals surface area contributed by atoms with E-state index in [2.05, 4.69) is 22.2 Å². The number of thiocarbonyl (C=S) groups is 1. The maximum Gasteiger partial charge on any atom is 0.207 e. The van der Waals surface area contributed by atoms with E-state index >= 15 is 0 Å². The number of aliphatic hydroxyl groups is 1. The highest BCUT2D eigenvalue weighted by Gasteiger charge is 1.93. The predicted octanol–water partition coefficient (Wildman–Crippen LogP) is 2.33. The number of hydrogen-bond donors (Lipinski definition) is 2. The van der Waals surface area contributed by atoms with Gasteiger partial charge in [-0.1, -0.05) is 6.07 Å². The molecular formula is C10H10N2OS. The van der Waals surface area contributed by atoms with Crippen LogP contribution in [0.25, 0.3) is 0 Å². The van der Waals surface area contributed by atoms with Gasteiger partial charge in [0.2, 0.25) is 5.05 Å². The molecule has 0 fully saturated rings. The summed E-state index contributed by atoms with van der Waals surface area (Å²) in [5.74, 6) is 0. The highest BCUT2D eigenvalue weighted by atomic mass is 32.1. The lowest BCUT2D eigenvalue weighted by Gasteiger charge is -1.90. The lowest BCUT2D eigenvalue weighted by atomic mass is 10.4. The maximum atomic E-state index is 8.69. The molecule has 2 aromatic rings. The second-order valence-corrected chi connectivity index (χ2v) is 2.79. The highest BCUT2D eigenvalue weighted by molar-refractivity contribution is 7.80. The van der Waals surface area contributed by atoms with E-state index in [4.69, 9.17) is 5.11 Å². The Morgan fingerprint density at radius 2 is 1.93 bits per heavy atom. The average Bonchev–Trinajstić information content (AvgIpc) is 2.77. The Morgan fingerprint density at radius 1 is 1.21 bits per heavy atom. The zero-order valence-corrected chi connectivity index (χ0v) is 8.24. The topological polar surface area (TPSA) is 48.9 Å². The van der Waals surface area contributed by atoms with E-state index in [-0.39, 0.29) is 5.05 Å². The van der Waals surface area contributed by atoms with E-state index in [1.165, 1.54) is 0 Å². The number of rotatable bonds is 1. The van der Waals surface area contributed by atoms with Crippen molar-refractivity contribution in [2.45, 2.75) is 0 Å². The minimum Gasteiger partial charge on any atom is -0.497 e. The van der Waals surface area contributed by atoms with E-state index in [9.17, 15) is 0 Å². The molecule has 0 saturated heterocycles. The summed E-state index contributed by atoms with van der Waals surface area (Å²) in [4.78, 5) is 6.65. The first-order valence-corrected chi connectivity index (χ1v) is 4.43. The van der Waals surface area contributed by atoms with Gasteiger partial charge in [-0.3, -0.25) is 4.98 Å². The van der Waals surface area contributed by atoms with Gasteiger partial charge in [0.1, 0.15) is 5.69 Å². The minimum absolute atomic E-state index is 0.157. The Labute approximate surface area is 87.4 Å². The van der Waals surface area contributed by atoms with Crippen LogP contribution in [0.2, 0.25) is 0 Å². The number of nitrogens with one attached hydrogen (secondary N) is 1. The number of aliphatic hydroxyl groups excluding tert-OH is 1. The first kappa shape index (κ1) is 10.4. The van der Waals surface area contributed by atoms with Gasteiger partial charge in [0.25, 0.3) is 0 Å². The molecule has 14 heavy (non-hydrogen) atoms. The molecule has 0 atom stereocenters. The second kappa shape index (κ2) is 5.88. The molecule has 0 radical (unpaired) electrons. The van der Waals surface area contributed by atoms with Gasteiger partial charge in [-0.15, -0.1) is 0 Å². The molecule has 72 valence electrons. The molecule has 0 unspecified atom stereocenters. The van der Waals surface area contributed by atoms with Crippen molar-refractivity contribution in [3.8, 4) is 0 Å². The Hall–Kier alpha value is -1.68. The highest BCUT2D eigenvalue weighted by Crippen LogP contribution is 1.92. The number of pyridine rings is 1. The van der Waals surface area contributed by atoms with Gasteiger partial charge in [0.15, 0.2) is 0 Å². The van der Waals surface area contributed by atoms with Crippen LogP contribution in [-0.4, -0.2) is 20.1 Å². The molecule has 0 bridgehead atoms. The summed E-state index contributed by atoms with van der Waals surface area (Å²) in [6.45, 7) is 0. The molecule has 0 aromatic carbocycles. The van der Waals surface area contributed by atoms with Crippen LogP contribution < -0.4 is 0 Å². The summed E-state index contributed by atoms with van der Waals surface area (Å²) in [6, 6.07) is 9.08. The number of aromatic amines is 1. The molecule has 3 nitrogen and oxygen atoms in total. The van der Waals surface area contributed by atoms with Crippen molar-refractivity contribution >= 4 is 17.3 Å². The van der Waals surface area contributed by atoms with Gasteiger partial charge in [0.05, 0.1) is 0 Å². The Balaban J connectivity index is 0.000000165. The normalized spacial score (nSPS) is 8.57. The zero-order valence-electron chi connectivity index (χ0n) is 7.42. The summed E-state index contributed by atoms with van der Waals surface area (Å²) in [5, 5.41) is 8.54. The smallest absolute Gasteiger partial charge is 0.207 e. The molecule has 0 aliphatic heterocycles. The molecule has 2 N–H and O–H groups in total. The quantitative estimate of drug-likeness (QED) is 0.704. The summed E-state index contributed by atoms with van der Waals surface area (Å²) >= 11 is 4.46. The van der Waals surface area contributed by atoms with Crippen molar-refractivity contribution < 1.29 is 5.11 Å². The van der Waals surface area contributed by atoms with Crippen molar-refractivity contribution in [2.24, 2.45) is 0 Å². The Kier molecular flexibility index (Phi) is 4.37. The first-order chi connectivity index (χ1) is 6.80. The molecule has 0 amide bonds. The van der Waals surface area contributed by atoms with E-state index in [0.29, 0.717) is 5.69 Å². The van der Waals surface area contributed by atoms with Gasteiger partial charge in [-0.2, -0.15) is 0 Å². The molecule has 0 saturated carbocycles. The fourth-order valence-corrected chi connectivity index (χ4v) is 0.888. The van der Waals surface area contributed by atoms with Crippen LogP contribution >= 0.6 is 12.2 Å². The SMILES string of the molecule is OC(=S)c1ccccn1.c1cc[nH]c1. The Morgan fingerprint density at radius 3 is 2.21 bits per heavy atom.